The molecule has 0 aliphatic carbocycles. The van der Waals surface area contributed by atoms with E-state index in [1.54, 1.807) is 12.3 Å². The molecular formula is C11H15FN6S. The van der Waals surface area contributed by atoms with Crippen LogP contribution in [0.25, 0.3) is 0 Å². The van der Waals surface area contributed by atoms with Crippen molar-refractivity contribution in [2.45, 2.75) is 32.9 Å². The van der Waals surface area contributed by atoms with Crippen LogP contribution in [-0.4, -0.2) is 25.3 Å². The molecule has 0 aliphatic rings. The van der Waals surface area contributed by atoms with E-state index in [1.807, 2.05) is 20.8 Å². The predicted molar refractivity (Wildman–Crippen MR) is 71.8 cm³/mol. The van der Waals surface area contributed by atoms with Crippen LogP contribution in [0.15, 0.2) is 12.3 Å². The SMILES string of the molecule is CC(C)(C)NCc1ccnc(Nc2nnns2)c1F. The molecule has 8 heteroatoms. The van der Waals surface area contributed by atoms with Gasteiger partial charge in [-0.15, -0.1) is 0 Å². The summed E-state index contributed by atoms with van der Waals surface area (Å²) in [7, 11) is 0. The van der Waals surface area contributed by atoms with Crippen molar-refractivity contribution in [3.05, 3.63) is 23.6 Å². The van der Waals surface area contributed by atoms with Gasteiger partial charge >= 0.3 is 0 Å². The van der Waals surface area contributed by atoms with Gasteiger partial charge in [0.05, 0.1) is 0 Å². The molecule has 0 spiro atoms. The molecule has 2 heterocycles. The van der Waals surface area contributed by atoms with Crippen LogP contribution < -0.4 is 10.6 Å². The topological polar surface area (TPSA) is 75.6 Å². The Morgan fingerprint density at radius 1 is 1.37 bits per heavy atom. The zero-order chi connectivity index (χ0) is 13.9. The van der Waals surface area contributed by atoms with Gasteiger partial charge in [-0.1, -0.05) is 9.59 Å². The summed E-state index contributed by atoms with van der Waals surface area (Å²) in [5, 5.41) is 13.5. The summed E-state index contributed by atoms with van der Waals surface area (Å²) in [6.07, 6.45) is 1.56. The van der Waals surface area contributed by atoms with Gasteiger partial charge in [-0.05, 0) is 32.1 Å². The molecule has 0 saturated carbocycles. The molecule has 102 valence electrons. The van der Waals surface area contributed by atoms with Crippen LogP contribution in [0.2, 0.25) is 0 Å². The average Bonchev–Trinajstić information content (AvgIpc) is 2.82. The van der Waals surface area contributed by atoms with Gasteiger partial charge in [0.25, 0.3) is 0 Å². The fourth-order valence-electron chi connectivity index (χ4n) is 1.35. The smallest absolute Gasteiger partial charge is 0.230 e. The van der Waals surface area contributed by atoms with Crippen molar-refractivity contribution in [3.63, 3.8) is 0 Å². The lowest BCUT2D eigenvalue weighted by Crippen LogP contribution is -2.35. The van der Waals surface area contributed by atoms with Gasteiger partial charge in [0.1, 0.15) is 0 Å². The fourth-order valence-corrected chi connectivity index (χ4v) is 1.72. The maximum Gasteiger partial charge on any atom is 0.230 e. The number of nitrogens with zero attached hydrogens (tertiary/aromatic N) is 4. The first-order valence-electron chi connectivity index (χ1n) is 5.76. The molecule has 0 atom stereocenters. The van der Waals surface area contributed by atoms with Crippen LogP contribution in [0, 0.1) is 5.82 Å². The summed E-state index contributed by atoms with van der Waals surface area (Å²) in [4.78, 5) is 3.96. The minimum Gasteiger partial charge on any atom is -0.311 e. The third-order valence-corrected chi connectivity index (χ3v) is 2.81. The lowest BCUT2D eigenvalue weighted by Gasteiger charge is -2.20. The Hall–Kier alpha value is -1.67. The summed E-state index contributed by atoms with van der Waals surface area (Å²) in [6.45, 7) is 6.51. The van der Waals surface area contributed by atoms with Crippen LogP contribution >= 0.6 is 11.5 Å². The van der Waals surface area contributed by atoms with Crippen molar-refractivity contribution < 1.29 is 4.39 Å². The highest BCUT2D eigenvalue weighted by molar-refractivity contribution is 7.09. The van der Waals surface area contributed by atoms with Gasteiger partial charge in [0.15, 0.2) is 11.6 Å². The molecule has 0 bridgehead atoms. The minimum absolute atomic E-state index is 0.0769. The second kappa shape index (κ2) is 5.54. The van der Waals surface area contributed by atoms with E-state index in [2.05, 4.69) is 30.4 Å². The first-order chi connectivity index (χ1) is 8.96. The van der Waals surface area contributed by atoms with E-state index in [0.717, 1.165) is 11.5 Å². The summed E-state index contributed by atoms with van der Waals surface area (Å²) in [6, 6.07) is 1.65. The molecule has 6 nitrogen and oxygen atoms in total. The number of hydrogen-bond donors (Lipinski definition) is 2. The van der Waals surface area contributed by atoms with E-state index in [-0.39, 0.29) is 11.4 Å². The quantitative estimate of drug-likeness (QED) is 0.894. The Kier molecular flexibility index (Phi) is 4.01. The monoisotopic (exact) mass is 282 g/mol. The molecule has 2 aromatic heterocycles. The normalized spacial score (nSPS) is 11.6. The summed E-state index contributed by atoms with van der Waals surface area (Å²) >= 11 is 1.04. The van der Waals surface area contributed by atoms with Crippen molar-refractivity contribution in [1.29, 1.82) is 0 Å². The zero-order valence-corrected chi connectivity index (χ0v) is 11.8. The Bertz CT molecular complexity index is 537. The summed E-state index contributed by atoms with van der Waals surface area (Å²) < 4.78 is 17.8. The van der Waals surface area contributed by atoms with Crippen LogP contribution in [0.4, 0.5) is 15.3 Å². The maximum atomic E-state index is 14.2. The average molecular weight is 282 g/mol. The second-order valence-corrected chi connectivity index (χ2v) is 5.76. The third-order valence-electron chi connectivity index (χ3n) is 2.30. The van der Waals surface area contributed by atoms with Gasteiger partial charge in [0, 0.05) is 35.4 Å². The van der Waals surface area contributed by atoms with Crippen molar-refractivity contribution in [2.24, 2.45) is 0 Å². The lowest BCUT2D eigenvalue weighted by atomic mass is 10.1. The minimum atomic E-state index is -0.394. The van der Waals surface area contributed by atoms with E-state index in [9.17, 15) is 4.39 Å². The zero-order valence-electron chi connectivity index (χ0n) is 10.9. The molecule has 2 rings (SSSR count). The molecule has 19 heavy (non-hydrogen) atoms. The summed E-state index contributed by atoms with van der Waals surface area (Å²) in [5.74, 6) is -0.263. The van der Waals surface area contributed by atoms with Gasteiger partial charge in [-0.3, -0.25) is 0 Å². The molecule has 0 radical (unpaired) electrons. The third kappa shape index (κ3) is 3.90. The highest BCUT2D eigenvalue weighted by Gasteiger charge is 2.14. The Labute approximate surface area is 114 Å². The molecule has 0 saturated heterocycles. The number of halogens is 1. The highest BCUT2D eigenvalue weighted by Crippen LogP contribution is 2.20. The van der Waals surface area contributed by atoms with Gasteiger partial charge in [0.2, 0.25) is 5.13 Å². The van der Waals surface area contributed by atoms with Crippen molar-refractivity contribution in [1.82, 2.24) is 25.1 Å². The number of pyridine rings is 1. The molecule has 0 fully saturated rings. The molecular weight excluding hydrogens is 267 g/mol. The van der Waals surface area contributed by atoms with Crippen LogP contribution in [-0.2, 0) is 6.54 Å². The largest absolute Gasteiger partial charge is 0.311 e. The van der Waals surface area contributed by atoms with E-state index >= 15 is 0 Å². The van der Waals surface area contributed by atoms with E-state index in [0.29, 0.717) is 17.2 Å². The Morgan fingerprint density at radius 2 is 2.16 bits per heavy atom. The molecule has 2 aromatic rings. The number of anilines is 2. The Balaban J connectivity index is 2.13. The number of aromatic nitrogens is 4. The predicted octanol–water partition coefficient (Wildman–Crippen LogP) is 2.10. The van der Waals surface area contributed by atoms with Gasteiger partial charge in [-0.25, -0.2) is 9.37 Å². The van der Waals surface area contributed by atoms with Crippen LogP contribution in [0.1, 0.15) is 26.3 Å². The van der Waals surface area contributed by atoms with Gasteiger partial charge < -0.3 is 10.6 Å². The van der Waals surface area contributed by atoms with E-state index in [1.165, 1.54) is 0 Å². The van der Waals surface area contributed by atoms with E-state index in [4.69, 9.17) is 0 Å². The molecule has 0 aromatic carbocycles. The van der Waals surface area contributed by atoms with Crippen LogP contribution in [0.5, 0.6) is 0 Å². The number of nitrogens with one attached hydrogen (secondary N) is 2. The molecule has 0 aliphatic heterocycles. The highest BCUT2D eigenvalue weighted by atomic mass is 32.1. The lowest BCUT2D eigenvalue weighted by molar-refractivity contribution is 0.418. The molecule has 0 amide bonds. The fraction of sp³-hybridized carbons (Fsp3) is 0.455. The van der Waals surface area contributed by atoms with Crippen molar-refractivity contribution in [2.75, 3.05) is 5.32 Å². The standard InChI is InChI=1S/C11H15FN6S/c1-11(2,3)14-6-7-4-5-13-9(8(7)12)15-10-16-17-18-19-10/h4-5,14H,6H2,1-3H3,(H,13,15,16,18). The number of hydrogen-bond acceptors (Lipinski definition) is 7. The molecule has 0 unspecified atom stereocenters. The summed E-state index contributed by atoms with van der Waals surface area (Å²) in [5.41, 5.74) is 0.469. The second-order valence-electron chi connectivity index (χ2n) is 5.03. The maximum absolute atomic E-state index is 14.2. The first kappa shape index (κ1) is 13.8. The number of rotatable bonds is 4. The van der Waals surface area contributed by atoms with Crippen molar-refractivity contribution in [3.8, 4) is 0 Å². The van der Waals surface area contributed by atoms with E-state index < -0.39 is 5.82 Å². The van der Waals surface area contributed by atoms with Crippen molar-refractivity contribution >= 4 is 22.5 Å². The molecule has 2 N–H and O–H groups in total. The van der Waals surface area contributed by atoms with Gasteiger partial charge in [-0.2, -0.15) is 0 Å². The Morgan fingerprint density at radius 3 is 2.79 bits per heavy atom. The van der Waals surface area contributed by atoms with Crippen LogP contribution in [0.3, 0.4) is 0 Å². The first-order valence-corrected chi connectivity index (χ1v) is 6.53.